The maximum absolute atomic E-state index is 13.4. The van der Waals surface area contributed by atoms with Gasteiger partial charge < -0.3 is 15.2 Å². The molecule has 2 aromatic rings. The molecule has 0 heterocycles. The van der Waals surface area contributed by atoms with Crippen molar-refractivity contribution >= 4 is 0 Å². The van der Waals surface area contributed by atoms with Crippen LogP contribution in [0, 0.1) is 12.7 Å². The molecular weight excluding hydrogens is 269 g/mol. The fraction of sp³-hybridized carbons (Fsp3) is 0.294. The van der Waals surface area contributed by atoms with Crippen LogP contribution in [0.3, 0.4) is 0 Å². The van der Waals surface area contributed by atoms with E-state index in [0.29, 0.717) is 17.9 Å². The van der Waals surface area contributed by atoms with Crippen molar-refractivity contribution < 1.29 is 13.9 Å². The van der Waals surface area contributed by atoms with Gasteiger partial charge in [0.15, 0.2) is 0 Å². The summed E-state index contributed by atoms with van der Waals surface area (Å²) >= 11 is 0. The van der Waals surface area contributed by atoms with Crippen LogP contribution in [0.2, 0.25) is 0 Å². The van der Waals surface area contributed by atoms with E-state index in [-0.39, 0.29) is 18.5 Å². The van der Waals surface area contributed by atoms with Gasteiger partial charge in [-0.15, -0.1) is 0 Å². The summed E-state index contributed by atoms with van der Waals surface area (Å²) in [5.41, 5.74) is 7.62. The molecule has 0 fully saturated rings. The van der Waals surface area contributed by atoms with Crippen molar-refractivity contribution in [3.63, 3.8) is 0 Å². The van der Waals surface area contributed by atoms with Crippen LogP contribution in [-0.4, -0.2) is 13.2 Å². The highest BCUT2D eigenvalue weighted by Crippen LogP contribution is 2.20. The molecule has 21 heavy (non-hydrogen) atoms. The van der Waals surface area contributed by atoms with Gasteiger partial charge in [-0.25, -0.2) is 4.39 Å². The minimum absolute atomic E-state index is 0.273. The van der Waals surface area contributed by atoms with Gasteiger partial charge in [0.25, 0.3) is 0 Å². The maximum atomic E-state index is 13.4. The third kappa shape index (κ3) is 4.20. The van der Waals surface area contributed by atoms with E-state index in [2.05, 4.69) is 0 Å². The van der Waals surface area contributed by atoms with Gasteiger partial charge in [0.05, 0.1) is 12.6 Å². The molecule has 0 aliphatic heterocycles. The molecule has 4 heteroatoms. The smallest absolute Gasteiger partial charge is 0.129 e. The second-order valence-corrected chi connectivity index (χ2v) is 4.83. The molecule has 0 amide bonds. The number of halogens is 1. The zero-order chi connectivity index (χ0) is 15.2. The Morgan fingerprint density at radius 1 is 1.05 bits per heavy atom. The second-order valence-electron chi connectivity index (χ2n) is 4.83. The molecule has 0 spiro atoms. The molecule has 0 saturated heterocycles. The third-order valence-corrected chi connectivity index (χ3v) is 3.19. The Hall–Kier alpha value is -2.07. The monoisotopic (exact) mass is 289 g/mol. The van der Waals surface area contributed by atoms with Crippen molar-refractivity contribution in [3.8, 4) is 11.5 Å². The molecule has 1 atom stereocenters. The van der Waals surface area contributed by atoms with Gasteiger partial charge in [-0.1, -0.05) is 18.2 Å². The van der Waals surface area contributed by atoms with Gasteiger partial charge in [-0.3, -0.25) is 0 Å². The van der Waals surface area contributed by atoms with Crippen LogP contribution in [0.1, 0.15) is 24.1 Å². The van der Waals surface area contributed by atoms with Crippen molar-refractivity contribution in [2.75, 3.05) is 13.2 Å². The fourth-order valence-electron chi connectivity index (χ4n) is 1.92. The molecule has 0 saturated carbocycles. The van der Waals surface area contributed by atoms with Crippen LogP contribution in [0.5, 0.6) is 11.5 Å². The number of rotatable bonds is 6. The Labute approximate surface area is 124 Å². The lowest BCUT2D eigenvalue weighted by Crippen LogP contribution is -2.19. The zero-order valence-electron chi connectivity index (χ0n) is 12.3. The van der Waals surface area contributed by atoms with Crippen molar-refractivity contribution in [1.29, 1.82) is 0 Å². The molecule has 1 unspecified atom stereocenters. The molecule has 112 valence electrons. The van der Waals surface area contributed by atoms with Crippen molar-refractivity contribution in [1.82, 2.24) is 0 Å². The lowest BCUT2D eigenvalue weighted by molar-refractivity contribution is 0.289. The summed E-state index contributed by atoms with van der Waals surface area (Å²) in [7, 11) is 0. The molecule has 0 aliphatic rings. The Balaban J connectivity index is 1.94. The first-order valence-electron chi connectivity index (χ1n) is 6.97. The summed E-state index contributed by atoms with van der Waals surface area (Å²) in [5, 5.41) is 0. The predicted molar refractivity (Wildman–Crippen MR) is 81.2 cm³/mol. The van der Waals surface area contributed by atoms with E-state index >= 15 is 0 Å². The van der Waals surface area contributed by atoms with Crippen LogP contribution >= 0.6 is 0 Å². The van der Waals surface area contributed by atoms with E-state index in [1.54, 1.807) is 19.1 Å². The van der Waals surface area contributed by atoms with Crippen molar-refractivity contribution in [2.45, 2.75) is 19.9 Å². The van der Waals surface area contributed by atoms with Gasteiger partial charge in [-0.05, 0) is 43.2 Å². The lowest BCUT2D eigenvalue weighted by Gasteiger charge is -2.14. The van der Waals surface area contributed by atoms with Crippen LogP contribution < -0.4 is 15.2 Å². The Kier molecular flexibility index (Phi) is 5.17. The zero-order valence-corrected chi connectivity index (χ0v) is 12.3. The highest BCUT2D eigenvalue weighted by atomic mass is 19.1. The molecular formula is C17H20FNO2. The average molecular weight is 289 g/mol. The highest BCUT2D eigenvalue weighted by molar-refractivity contribution is 5.30. The highest BCUT2D eigenvalue weighted by Gasteiger charge is 2.08. The second kappa shape index (κ2) is 7.09. The standard InChI is InChI=1S/C17H20FNO2/c1-3-20-14-8-5-13(6-9-14)17(19)11-21-15-7-4-12(2)16(18)10-15/h4-10,17H,3,11,19H2,1-2H3. The van der Waals surface area contributed by atoms with E-state index in [1.807, 2.05) is 31.2 Å². The maximum Gasteiger partial charge on any atom is 0.129 e. The Morgan fingerprint density at radius 2 is 1.71 bits per heavy atom. The van der Waals surface area contributed by atoms with Crippen LogP contribution in [0.15, 0.2) is 42.5 Å². The van der Waals surface area contributed by atoms with Gasteiger partial charge in [0.2, 0.25) is 0 Å². The van der Waals surface area contributed by atoms with Crippen molar-refractivity contribution in [3.05, 3.63) is 59.4 Å². The SMILES string of the molecule is CCOc1ccc(C(N)COc2ccc(C)c(F)c2)cc1. The largest absolute Gasteiger partial charge is 0.494 e. The van der Waals surface area contributed by atoms with E-state index in [9.17, 15) is 4.39 Å². The number of ether oxygens (including phenoxy) is 2. The summed E-state index contributed by atoms with van der Waals surface area (Å²) in [6, 6.07) is 12.1. The van der Waals surface area contributed by atoms with E-state index in [4.69, 9.17) is 15.2 Å². The predicted octanol–water partition coefficient (Wildman–Crippen LogP) is 3.61. The quantitative estimate of drug-likeness (QED) is 0.883. The van der Waals surface area contributed by atoms with E-state index < -0.39 is 0 Å². The third-order valence-electron chi connectivity index (χ3n) is 3.19. The van der Waals surface area contributed by atoms with Crippen LogP contribution in [-0.2, 0) is 0 Å². The average Bonchev–Trinajstić information content (AvgIpc) is 2.49. The van der Waals surface area contributed by atoms with Crippen molar-refractivity contribution in [2.24, 2.45) is 5.73 Å². The molecule has 2 N–H and O–H groups in total. The van der Waals surface area contributed by atoms with Gasteiger partial charge in [0.1, 0.15) is 23.9 Å². The van der Waals surface area contributed by atoms with E-state index in [1.165, 1.54) is 6.07 Å². The fourth-order valence-corrected chi connectivity index (χ4v) is 1.92. The number of aryl methyl sites for hydroxylation is 1. The molecule has 3 nitrogen and oxygen atoms in total. The number of hydrogen-bond donors (Lipinski definition) is 1. The summed E-state index contributed by atoms with van der Waals surface area (Å²) in [5.74, 6) is 1.02. The number of benzene rings is 2. The summed E-state index contributed by atoms with van der Waals surface area (Å²) < 4.78 is 24.3. The van der Waals surface area contributed by atoms with Gasteiger partial charge in [-0.2, -0.15) is 0 Å². The van der Waals surface area contributed by atoms with Gasteiger partial charge in [0, 0.05) is 6.07 Å². The summed E-state index contributed by atoms with van der Waals surface area (Å²) in [6.07, 6.45) is 0. The lowest BCUT2D eigenvalue weighted by atomic mass is 10.1. The Morgan fingerprint density at radius 3 is 2.33 bits per heavy atom. The van der Waals surface area contributed by atoms with E-state index in [0.717, 1.165) is 11.3 Å². The molecule has 0 aliphatic carbocycles. The molecule has 2 rings (SSSR count). The minimum Gasteiger partial charge on any atom is -0.494 e. The molecule has 0 bridgehead atoms. The van der Waals surface area contributed by atoms with Crippen LogP contribution in [0.4, 0.5) is 4.39 Å². The molecule has 2 aromatic carbocycles. The first-order valence-corrected chi connectivity index (χ1v) is 6.97. The Bertz CT molecular complexity index is 584. The number of nitrogens with two attached hydrogens (primary N) is 1. The first-order chi connectivity index (χ1) is 10.1. The normalized spacial score (nSPS) is 12.0. The van der Waals surface area contributed by atoms with Crippen LogP contribution in [0.25, 0.3) is 0 Å². The number of hydrogen-bond acceptors (Lipinski definition) is 3. The summed E-state index contributed by atoms with van der Waals surface area (Å²) in [4.78, 5) is 0. The first kappa shape index (κ1) is 15.3. The molecule has 0 aromatic heterocycles. The van der Waals surface area contributed by atoms with Gasteiger partial charge >= 0.3 is 0 Å². The minimum atomic E-state index is -0.276. The summed E-state index contributed by atoms with van der Waals surface area (Å²) in [6.45, 7) is 4.57. The topological polar surface area (TPSA) is 44.5 Å². The molecule has 0 radical (unpaired) electrons.